The van der Waals surface area contributed by atoms with E-state index in [1.807, 2.05) is 6.07 Å². The summed E-state index contributed by atoms with van der Waals surface area (Å²) in [5.41, 5.74) is 0.694. The molecule has 2 heterocycles. The molecule has 0 bridgehead atoms. The summed E-state index contributed by atoms with van der Waals surface area (Å²) in [6.45, 7) is 6.10. The van der Waals surface area contributed by atoms with Crippen molar-refractivity contribution in [3.63, 3.8) is 0 Å². The molecule has 0 atom stereocenters. The molecule has 5 rings (SSSR count). The Morgan fingerprint density at radius 1 is 0.909 bits per heavy atom. The number of rotatable bonds is 12. The van der Waals surface area contributed by atoms with Crippen molar-refractivity contribution in [3.05, 3.63) is 72.4 Å². The number of pyridine rings is 1. The molecule has 1 aliphatic rings. The van der Waals surface area contributed by atoms with E-state index in [4.69, 9.17) is 18.9 Å². The number of aromatic nitrogens is 1. The molecule has 4 aromatic rings. The van der Waals surface area contributed by atoms with Crippen LogP contribution in [-0.2, 0) is 10.0 Å². The number of piperidine rings is 1. The highest BCUT2D eigenvalue weighted by atomic mass is 32.2. The Hall–Kier alpha value is -4.16. The molecule has 1 aliphatic heterocycles. The Bertz CT molecular complexity index is 1730. The maximum absolute atomic E-state index is 14.1. The lowest BCUT2D eigenvalue weighted by molar-refractivity contribution is 0.176. The first-order valence-corrected chi connectivity index (χ1v) is 15.8. The topological polar surface area (TPSA) is 99.2 Å². The zero-order valence-electron chi connectivity index (χ0n) is 24.8. The first kappa shape index (κ1) is 31.3. The van der Waals surface area contributed by atoms with Gasteiger partial charge < -0.3 is 23.8 Å². The van der Waals surface area contributed by atoms with Crippen LogP contribution in [-0.4, -0.2) is 58.8 Å². The molecule has 0 unspecified atom stereocenters. The van der Waals surface area contributed by atoms with Gasteiger partial charge in [-0.3, -0.25) is 9.71 Å². The number of nitrogens with zero attached hydrogens (tertiary/aromatic N) is 2. The molecule has 9 nitrogen and oxygen atoms in total. The van der Waals surface area contributed by atoms with Crippen LogP contribution in [0.2, 0.25) is 0 Å². The second kappa shape index (κ2) is 13.6. The van der Waals surface area contributed by atoms with Crippen LogP contribution < -0.4 is 23.7 Å². The lowest BCUT2D eigenvalue weighted by Gasteiger charge is -2.30. The van der Waals surface area contributed by atoms with Gasteiger partial charge in [0.25, 0.3) is 10.0 Å². The van der Waals surface area contributed by atoms with Gasteiger partial charge in [-0.2, -0.15) is 0 Å². The largest absolute Gasteiger partial charge is 0.493 e. The molecule has 44 heavy (non-hydrogen) atoms. The molecule has 0 aliphatic carbocycles. The van der Waals surface area contributed by atoms with Gasteiger partial charge in [-0.15, -0.1) is 0 Å². The molecular weight excluding hydrogens is 592 g/mol. The summed E-state index contributed by atoms with van der Waals surface area (Å²) in [5.74, 6) is 0.891. The van der Waals surface area contributed by atoms with Gasteiger partial charge in [-0.25, -0.2) is 17.2 Å². The van der Waals surface area contributed by atoms with E-state index in [-0.39, 0.29) is 17.2 Å². The highest BCUT2D eigenvalue weighted by Gasteiger charge is 2.22. The zero-order chi connectivity index (χ0) is 31.3. The van der Waals surface area contributed by atoms with Gasteiger partial charge in [-0.1, -0.05) is 6.92 Å². The highest BCUT2D eigenvalue weighted by molar-refractivity contribution is 7.92. The lowest BCUT2D eigenvalue weighted by atomic mass is 9.99. The number of benzene rings is 3. The summed E-state index contributed by atoms with van der Waals surface area (Å²) < 4.78 is 78.8. The van der Waals surface area contributed by atoms with Crippen molar-refractivity contribution in [1.29, 1.82) is 0 Å². The van der Waals surface area contributed by atoms with Crippen molar-refractivity contribution in [2.45, 2.75) is 31.1 Å². The highest BCUT2D eigenvalue weighted by Crippen LogP contribution is 2.40. The number of hydrogen-bond acceptors (Lipinski definition) is 8. The van der Waals surface area contributed by atoms with E-state index >= 15 is 0 Å². The first-order valence-electron chi connectivity index (χ1n) is 14.3. The lowest BCUT2D eigenvalue weighted by Crippen LogP contribution is -2.34. The number of sulfonamides is 1. The molecule has 0 spiro atoms. The van der Waals surface area contributed by atoms with Crippen LogP contribution in [0.25, 0.3) is 10.9 Å². The molecule has 1 N–H and O–H groups in total. The third kappa shape index (κ3) is 7.31. The molecule has 0 amide bonds. The average Bonchev–Trinajstić information content (AvgIpc) is 3.01. The van der Waals surface area contributed by atoms with Crippen LogP contribution in [0.4, 0.5) is 14.5 Å². The Kier molecular flexibility index (Phi) is 9.70. The number of ether oxygens (including phenoxy) is 4. The van der Waals surface area contributed by atoms with Crippen LogP contribution in [0, 0.1) is 17.6 Å². The van der Waals surface area contributed by atoms with Crippen LogP contribution in [0.3, 0.4) is 0 Å². The van der Waals surface area contributed by atoms with Gasteiger partial charge >= 0.3 is 0 Å². The van der Waals surface area contributed by atoms with Gasteiger partial charge in [0.15, 0.2) is 23.0 Å². The van der Waals surface area contributed by atoms with Crippen molar-refractivity contribution in [2.75, 3.05) is 45.2 Å². The SMILES string of the molecule is COc1cc2c(Oc3ccc(NS(=O)(=O)c4cc(F)ccc4F)cc3OC)ccnc2cc1OCCCN1CCC(C)CC1. The van der Waals surface area contributed by atoms with Gasteiger partial charge in [0.1, 0.15) is 22.3 Å². The number of fused-ring (bicyclic) bond motifs is 1. The van der Waals surface area contributed by atoms with Crippen molar-refractivity contribution < 1.29 is 36.1 Å². The molecule has 0 radical (unpaired) electrons. The third-order valence-corrected chi connectivity index (χ3v) is 8.95. The molecule has 1 saturated heterocycles. The number of nitrogens with one attached hydrogen (secondary N) is 1. The van der Waals surface area contributed by atoms with Gasteiger partial charge in [-0.05, 0) is 80.7 Å². The van der Waals surface area contributed by atoms with Gasteiger partial charge in [0, 0.05) is 30.3 Å². The zero-order valence-corrected chi connectivity index (χ0v) is 25.6. The molecule has 1 aromatic heterocycles. The number of halogens is 2. The van der Waals surface area contributed by atoms with Crippen LogP contribution in [0.1, 0.15) is 26.2 Å². The standard InChI is InChI=1S/C32H35F2N3O6S/c1-21-10-14-37(15-11-21)13-4-16-42-31-20-26-24(19-30(31)41-3)27(9-12-35-26)43-28-8-6-23(18-29(28)40-2)36-44(38,39)32-17-22(33)5-7-25(32)34/h5-9,12,17-21,36H,4,10-11,13-16H2,1-3H3. The quantitative estimate of drug-likeness (QED) is 0.175. The second-order valence-corrected chi connectivity index (χ2v) is 12.4. The van der Waals surface area contributed by atoms with E-state index in [1.165, 1.54) is 38.2 Å². The fraction of sp³-hybridized carbons (Fsp3) is 0.344. The second-order valence-electron chi connectivity index (χ2n) is 10.7. The van der Waals surface area contributed by atoms with Gasteiger partial charge in [0.05, 0.1) is 32.0 Å². The average molecular weight is 628 g/mol. The predicted molar refractivity (Wildman–Crippen MR) is 163 cm³/mol. The summed E-state index contributed by atoms with van der Waals surface area (Å²) in [5, 5.41) is 0.660. The van der Waals surface area contributed by atoms with Gasteiger partial charge in [0.2, 0.25) is 0 Å². The van der Waals surface area contributed by atoms with Crippen LogP contribution in [0.5, 0.6) is 28.7 Å². The van der Waals surface area contributed by atoms with E-state index in [0.29, 0.717) is 40.8 Å². The molecule has 3 aromatic carbocycles. The van der Waals surface area contributed by atoms with E-state index < -0.39 is 26.6 Å². The molecular formula is C32H35F2N3O6S. The molecule has 1 fully saturated rings. The fourth-order valence-corrected chi connectivity index (χ4v) is 6.21. The summed E-state index contributed by atoms with van der Waals surface area (Å²) in [6.07, 6.45) is 4.98. The summed E-state index contributed by atoms with van der Waals surface area (Å²) in [4.78, 5) is 6.15. The Labute approximate surface area is 255 Å². The van der Waals surface area contributed by atoms with Crippen molar-refractivity contribution >= 4 is 26.6 Å². The third-order valence-electron chi connectivity index (χ3n) is 7.56. The first-order chi connectivity index (χ1) is 21.2. The Morgan fingerprint density at radius 3 is 2.41 bits per heavy atom. The van der Waals surface area contributed by atoms with Crippen LogP contribution >= 0.6 is 0 Å². The molecule has 234 valence electrons. The van der Waals surface area contributed by atoms with E-state index in [2.05, 4.69) is 21.5 Å². The van der Waals surface area contributed by atoms with Crippen LogP contribution in [0.15, 0.2) is 65.7 Å². The Morgan fingerprint density at radius 2 is 1.66 bits per heavy atom. The maximum Gasteiger partial charge on any atom is 0.264 e. The van der Waals surface area contributed by atoms with Crippen molar-refractivity contribution in [1.82, 2.24) is 9.88 Å². The Balaban J connectivity index is 1.31. The number of likely N-dealkylation sites (tertiary alicyclic amines) is 1. The normalized spacial score (nSPS) is 14.4. The summed E-state index contributed by atoms with van der Waals surface area (Å²) >= 11 is 0. The molecule has 0 saturated carbocycles. The summed E-state index contributed by atoms with van der Waals surface area (Å²) in [6, 6.07) is 11.8. The minimum absolute atomic E-state index is 0.0655. The minimum Gasteiger partial charge on any atom is -0.493 e. The fourth-order valence-electron chi connectivity index (χ4n) is 5.07. The number of methoxy groups -OCH3 is 2. The smallest absolute Gasteiger partial charge is 0.264 e. The van der Waals surface area contributed by atoms with E-state index in [1.54, 1.807) is 25.4 Å². The monoisotopic (exact) mass is 627 g/mol. The maximum atomic E-state index is 14.1. The van der Waals surface area contributed by atoms with Crippen molar-refractivity contribution in [3.8, 4) is 28.7 Å². The van der Waals surface area contributed by atoms with E-state index in [9.17, 15) is 17.2 Å². The summed E-state index contributed by atoms with van der Waals surface area (Å²) in [7, 11) is -1.45. The molecule has 12 heteroatoms. The predicted octanol–water partition coefficient (Wildman–Crippen LogP) is 6.62. The number of anilines is 1. The minimum atomic E-state index is -4.42. The van der Waals surface area contributed by atoms with E-state index in [0.717, 1.165) is 44.1 Å². The van der Waals surface area contributed by atoms with Crippen molar-refractivity contribution in [2.24, 2.45) is 5.92 Å². The number of hydrogen-bond donors (Lipinski definition) is 1.